The summed E-state index contributed by atoms with van der Waals surface area (Å²) in [4.78, 5) is 34.1. The summed E-state index contributed by atoms with van der Waals surface area (Å²) in [5.74, 6) is -6.04. The van der Waals surface area contributed by atoms with Crippen molar-refractivity contribution in [2.75, 3.05) is 20.2 Å². The first-order chi connectivity index (χ1) is 16.5. The molecule has 0 saturated carbocycles. The fraction of sp³-hybridized carbons (Fsp3) is 0.333. The SMILES string of the molecule is [2H]c1csc(C2=N[C@H](c3ccc(F)cc3Cl)C(C(=O)OC)=C(CN3CC(F)(F)C[C@H]3C(=O)O)N2)n1. The van der Waals surface area contributed by atoms with Gasteiger partial charge in [0, 0.05) is 40.8 Å². The Morgan fingerprint density at radius 1 is 1.47 bits per heavy atom. The van der Waals surface area contributed by atoms with E-state index in [0.29, 0.717) is 0 Å². The number of carbonyl (C=O) groups is 2. The van der Waals surface area contributed by atoms with Crippen molar-refractivity contribution in [2.45, 2.75) is 24.4 Å². The van der Waals surface area contributed by atoms with Crippen molar-refractivity contribution >= 4 is 40.7 Å². The predicted molar refractivity (Wildman–Crippen MR) is 118 cm³/mol. The number of carboxylic acid groups (broad SMARTS) is 1. The van der Waals surface area contributed by atoms with Gasteiger partial charge in [-0.05, 0) is 12.1 Å². The lowest BCUT2D eigenvalue weighted by molar-refractivity contribution is -0.142. The van der Waals surface area contributed by atoms with Crippen molar-refractivity contribution in [2.24, 2.45) is 4.99 Å². The number of alkyl halides is 2. The van der Waals surface area contributed by atoms with Crippen LogP contribution in [0, 0.1) is 5.82 Å². The number of aromatic nitrogens is 1. The van der Waals surface area contributed by atoms with E-state index in [1.54, 1.807) is 0 Å². The summed E-state index contributed by atoms with van der Waals surface area (Å²) in [5.41, 5.74) is 0.179. The molecule has 0 amide bonds. The first-order valence-corrected chi connectivity index (χ1v) is 11.1. The van der Waals surface area contributed by atoms with Gasteiger partial charge >= 0.3 is 11.9 Å². The molecule has 2 aromatic rings. The molecule has 2 aliphatic heterocycles. The van der Waals surface area contributed by atoms with Gasteiger partial charge < -0.3 is 15.2 Å². The highest BCUT2D eigenvalue weighted by Crippen LogP contribution is 2.38. The van der Waals surface area contributed by atoms with Crippen LogP contribution in [0.25, 0.3) is 0 Å². The molecule has 13 heteroatoms. The molecule has 0 spiro atoms. The van der Waals surface area contributed by atoms with E-state index < -0.39 is 48.7 Å². The zero-order chi connectivity index (χ0) is 25.5. The number of thiazole rings is 1. The van der Waals surface area contributed by atoms with Gasteiger partial charge in [-0.1, -0.05) is 17.7 Å². The van der Waals surface area contributed by atoms with Gasteiger partial charge in [0.2, 0.25) is 0 Å². The summed E-state index contributed by atoms with van der Waals surface area (Å²) >= 11 is 7.33. The molecule has 1 saturated heterocycles. The van der Waals surface area contributed by atoms with E-state index in [4.69, 9.17) is 17.7 Å². The Morgan fingerprint density at radius 2 is 2.24 bits per heavy atom. The highest BCUT2D eigenvalue weighted by molar-refractivity contribution is 7.11. The molecule has 8 nitrogen and oxygen atoms in total. The highest BCUT2D eigenvalue weighted by Gasteiger charge is 2.49. The summed E-state index contributed by atoms with van der Waals surface area (Å²) in [7, 11) is 1.12. The number of methoxy groups -OCH3 is 1. The number of hydrogen-bond acceptors (Lipinski definition) is 8. The van der Waals surface area contributed by atoms with Crippen LogP contribution in [0.15, 0.2) is 46.0 Å². The number of benzene rings is 1. The molecule has 34 heavy (non-hydrogen) atoms. The minimum atomic E-state index is -3.24. The molecule has 0 aliphatic carbocycles. The van der Waals surface area contributed by atoms with Crippen LogP contribution in [0.4, 0.5) is 13.2 Å². The van der Waals surface area contributed by atoms with Crippen LogP contribution in [0.1, 0.15) is 24.4 Å². The molecule has 1 aromatic carbocycles. The molecule has 1 fully saturated rings. The van der Waals surface area contributed by atoms with Gasteiger partial charge in [-0.2, -0.15) is 0 Å². The Labute approximate surface area is 202 Å². The predicted octanol–water partition coefficient (Wildman–Crippen LogP) is 3.25. The fourth-order valence-electron chi connectivity index (χ4n) is 3.93. The van der Waals surface area contributed by atoms with Crippen LogP contribution >= 0.6 is 22.9 Å². The van der Waals surface area contributed by atoms with Crippen LogP contribution < -0.4 is 5.32 Å². The maximum Gasteiger partial charge on any atom is 0.338 e. The average molecular weight is 516 g/mol. The molecule has 2 N–H and O–H groups in total. The summed E-state index contributed by atoms with van der Waals surface area (Å²) < 4.78 is 54.6. The molecule has 2 aliphatic rings. The Bertz CT molecular complexity index is 1250. The zero-order valence-corrected chi connectivity index (χ0v) is 19.1. The Kier molecular flexibility index (Phi) is 6.28. The molecule has 0 bridgehead atoms. The van der Waals surface area contributed by atoms with E-state index in [1.807, 2.05) is 0 Å². The average Bonchev–Trinajstić information content (AvgIpc) is 3.35. The number of carbonyl (C=O) groups excluding carboxylic acids is 1. The van der Waals surface area contributed by atoms with Gasteiger partial charge in [0.1, 0.15) is 17.9 Å². The number of halogens is 4. The van der Waals surface area contributed by atoms with E-state index in [0.717, 1.165) is 35.5 Å². The standard InChI is InChI=1S/C21H18ClF3N4O4S/c1-33-20(32)15-13(8-29-9-21(24,25)7-14(29)19(30)31)27-17(18-26-4-5-34-18)28-16(15)11-3-2-10(23)6-12(11)22/h2-6,14,16H,7-9H2,1H3,(H,27,28)(H,30,31)/t14-,16+/m0/s1/i4D. The van der Waals surface area contributed by atoms with E-state index in [-0.39, 0.29) is 45.4 Å². The van der Waals surface area contributed by atoms with Crippen LogP contribution in [-0.2, 0) is 14.3 Å². The minimum Gasteiger partial charge on any atom is -0.480 e. The first kappa shape index (κ1) is 22.8. The summed E-state index contributed by atoms with van der Waals surface area (Å²) in [6.07, 6.45) is -0.924. The number of aliphatic carboxylic acids is 1. The molecule has 0 unspecified atom stereocenters. The Morgan fingerprint density at radius 3 is 2.85 bits per heavy atom. The van der Waals surface area contributed by atoms with Gasteiger partial charge in [-0.25, -0.2) is 22.9 Å². The molecule has 0 radical (unpaired) electrons. The number of nitrogens with zero attached hydrogens (tertiary/aromatic N) is 3. The van der Waals surface area contributed by atoms with Crippen molar-refractivity contribution < 1.29 is 34.0 Å². The lowest BCUT2D eigenvalue weighted by Gasteiger charge is -2.30. The zero-order valence-electron chi connectivity index (χ0n) is 18.5. The number of carboxylic acids is 1. The van der Waals surface area contributed by atoms with E-state index in [1.165, 1.54) is 11.4 Å². The van der Waals surface area contributed by atoms with Crippen molar-refractivity contribution in [3.05, 3.63) is 62.4 Å². The second-order valence-corrected chi connectivity index (χ2v) is 8.92. The van der Waals surface area contributed by atoms with Gasteiger partial charge in [0.25, 0.3) is 5.92 Å². The number of hydrogen-bond donors (Lipinski definition) is 2. The van der Waals surface area contributed by atoms with Crippen LogP contribution in [0.3, 0.4) is 0 Å². The second kappa shape index (κ2) is 9.35. The molecular formula is C21H18ClF3N4O4S. The third kappa shape index (κ3) is 4.79. The maximum atomic E-state index is 14.1. The topological polar surface area (TPSA) is 104 Å². The van der Waals surface area contributed by atoms with E-state index in [9.17, 15) is 27.9 Å². The summed E-state index contributed by atoms with van der Waals surface area (Å²) in [5, 5.41) is 14.0. The van der Waals surface area contributed by atoms with Crippen LogP contribution in [0.2, 0.25) is 5.02 Å². The molecule has 2 atom stereocenters. The number of aliphatic imine (C=N–C) groups is 1. The molecule has 1 aromatic heterocycles. The third-order valence-corrected chi connectivity index (χ3v) is 6.45. The smallest absolute Gasteiger partial charge is 0.338 e. The van der Waals surface area contributed by atoms with Crippen molar-refractivity contribution in [3.63, 3.8) is 0 Å². The number of rotatable bonds is 6. The summed E-state index contributed by atoms with van der Waals surface area (Å²) in [6, 6.07) is 0.853. The monoisotopic (exact) mass is 515 g/mol. The number of nitrogens with one attached hydrogen (secondary N) is 1. The largest absolute Gasteiger partial charge is 0.480 e. The van der Waals surface area contributed by atoms with Crippen molar-refractivity contribution in [1.82, 2.24) is 15.2 Å². The molecular weight excluding hydrogens is 497 g/mol. The molecule has 3 heterocycles. The number of likely N-dealkylation sites (tertiary alicyclic amines) is 1. The van der Waals surface area contributed by atoms with Crippen molar-refractivity contribution in [3.8, 4) is 0 Å². The van der Waals surface area contributed by atoms with Crippen LogP contribution in [-0.4, -0.2) is 64.9 Å². The van der Waals surface area contributed by atoms with Gasteiger partial charge in [0.15, 0.2) is 10.8 Å². The lowest BCUT2D eigenvalue weighted by atomic mass is 9.95. The molecule has 4 rings (SSSR count). The summed E-state index contributed by atoms with van der Waals surface area (Å²) in [6.45, 7) is -1.23. The first-order valence-electron chi connectivity index (χ1n) is 10.4. The van der Waals surface area contributed by atoms with Crippen LogP contribution in [0.5, 0.6) is 0 Å². The normalized spacial score (nSPS) is 22.7. The Hall–Kier alpha value is -2.96. The van der Waals surface area contributed by atoms with Gasteiger partial charge in [0.05, 0.1) is 20.6 Å². The second-order valence-electron chi connectivity index (χ2n) is 7.66. The van der Waals surface area contributed by atoms with E-state index >= 15 is 0 Å². The number of esters is 1. The van der Waals surface area contributed by atoms with Gasteiger partial charge in [-0.15, -0.1) is 11.3 Å². The number of ether oxygens (including phenoxy) is 1. The lowest BCUT2D eigenvalue weighted by Crippen LogP contribution is -2.43. The maximum absolute atomic E-state index is 14.1. The van der Waals surface area contributed by atoms with Gasteiger partial charge in [-0.3, -0.25) is 14.7 Å². The van der Waals surface area contributed by atoms with Crippen molar-refractivity contribution in [1.29, 1.82) is 0 Å². The fourth-order valence-corrected chi connectivity index (χ4v) is 4.73. The third-order valence-electron chi connectivity index (χ3n) is 5.39. The Balaban J connectivity index is 1.85. The minimum absolute atomic E-state index is 0.0414. The number of amidine groups is 1. The highest BCUT2D eigenvalue weighted by atomic mass is 35.5. The molecule has 180 valence electrons. The van der Waals surface area contributed by atoms with E-state index in [2.05, 4.69) is 15.3 Å². The quantitative estimate of drug-likeness (QED) is 0.569.